The molecule has 11 heteroatoms. The van der Waals surface area contributed by atoms with E-state index in [0.29, 0.717) is 29.8 Å². The van der Waals surface area contributed by atoms with Crippen molar-refractivity contribution >= 4 is 25.0 Å². The van der Waals surface area contributed by atoms with Crippen molar-refractivity contribution in [3.8, 4) is 0 Å². The molecule has 1 aliphatic rings. The van der Waals surface area contributed by atoms with E-state index in [9.17, 15) is 14.8 Å². The van der Waals surface area contributed by atoms with E-state index in [1.807, 2.05) is 27.7 Å². The number of nitrogens with zero attached hydrogens (tertiary/aromatic N) is 4. The number of ether oxygens (including phenoxy) is 1. The van der Waals surface area contributed by atoms with E-state index in [1.54, 1.807) is 11.6 Å². The van der Waals surface area contributed by atoms with Crippen molar-refractivity contribution in [3.63, 3.8) is 0 Å². The lowest BCUT2D eigenvalue weighted by Gasteiger charge is -2.32. The van der Waals surface area contributed by atoms with Crippen molar-refractivity contribution in [2.24, 2.45) is 0 Å². The summed E-state index contributed by atoms with van der Waals surface area (Å²) in [5.74, 6) is 0.561. The zero-order chi connectivity index (χ0) is 22.1. The minimum absolute atomic E-state index is 0.0213. The number of nitrogens with one attached hydrogen (secondary N) is 1. The third kappa shape index (κ3) is 4.38. The van der Waals surface area contributed by atoms with Gasteiger partial charge in [0.05, 0.1) is 18.0 Å². The third-order valence-corrected chi connectivity index (χ3v) is 7.86. The summed E-state index contributed by atoms with van der Waals surface area (Å²) in [4.78, 5) is 12.7. The van der Waals surface area contributed by atoms with Crippen molar-refractivity contribution in [2.75, 3.05) is 12.4 Å². The summed E-state index contributed by atoms with van der Waals surface area (Å²) in [6.45, 7) is 7.69. The molecule has 2 aromatic heterocycles. The number of imidazole rings is 1. The van der Waals surface area contributed by atoms with Crippen LogP contribution in [0.2, 0.25) is 0 Å². The fourth-order valence-corrected chi connectivity index (χ4v) is 4.79. The van der Waals surface area contributed by atoms with Crippen molar-refractivity contribution in [1.29, 1.82) is 0 Å². The van der Waals surface area contributed by atoms with Gasteiger partial charge in [0, 0.05) is 19.1 Å². The Kier molecular flexibility index (Phi) is 7.14. The van der Waals surface area contributed by atoms with Gasteiger partial charge in [-0.05, 0) is 19.8 Å². The van der Waals surface area contributed by atoms with E-state index in [0.717, 1.165) is 6.42 Å². The van der Waals surface area contributed by atoms with Crippen LogP contribution in [0, 0.1) is 0 Å². The molecule has 30 heavy (non-hydrogen) atoms. The molecule has 3 N–H and O–H groups in total. The van der Waals surface area contributed by atoms with Crippen molar-refractivity contribution in [2.45, 2.75) is 82.8 Å². The van der Waals surface area contributed by atoms with Crippen LogP contribution in [0.25, 0.3) is 11.2 Å². The van der Waals surface area contributed by atoms with Gasteiger partial charge in [0.2, 0.25) is 0 Å². The van der Waals surface area contributed by atoms with Gasteiger partial charge in [0.15, 0.2) is 25.7 Å². The second-order valence-electron chi connectivity index (χ2n) is 8.08. The molecule has 3 rings (SSSR count). The average Bonchev–Trinajstić information content (AvgIpc) is 3.29. The van der Waals surface area contributed by atoms with Gasteiger partial charge in [-0.15, -0.1) is 0 Å². The summed E-state index contributed by atoms with van der Waals surface area (Å²) in [7, 11) is -0.505. The molecule has 1 fully saturated rings. The number of rotatable bonds is 9. The van der Waals surface area contributed by atoms with Gasteiger partial charge < -0.3 is 24.8 Å². The van der Waals surface area contributed by atoms with Gasteiger partial charge in [-0.25, -0.2) is 15.0 Å². The highest BCUT2D eigenvalue weighted by Gasteiger charge is 2.47. The average molecular weight is 441 g/mol. The minimum atomic E-state index is -2.24. The fraction of sp³-hybridized carbons (Fsp3) is 0.737. The lowest BCUT2D eigenvalue weighted by Crippen LogP contribution is -2.38. The maximum atomic E-state index is 12.5. The second kappa shape index (κ2) is 9.28. The van der Waals surface area contributed by atoms with Crippen LogP contribution in [0.3, 0.4) is 0 Å². The minimum Gasteiger partial charge on any atom is -0.388 e. The molecular weight excluding hydrogens is 409 g/mol. The largest absolute Gasteiger partial charge is 0.388 e. The summed E-state index contributed by atoms with van der Waals surface area (Å²) in [6.07, 6.45) is 0.731. The first-order valence-corrected chi connectivity index (χ1v) is 11.7. The van der Waals surface area contributed by atoms with E-state index in [2.05, 4.69) is 20.3 Å². The van der Waals surface area contributed by atoms with Crippen LogP contribution in [0.1, 0.15) is 53.2 Å². The second-order valence-corrected chi connectivity index (χ2v) is 9.91. The molecule has 0 spiro atoms. The molecule has 1 aliphatic heterocycles. The SMILES string of the molecule is CCC(C)[PH](=O)O[C@@](C)(CC)C[C@H]1OC(n2cnc3c(NC)ncnc32)[C@H](O)C1O. The number of fused-ring (bicyclic) bond motifs is 1. The van der Waals surface area contributed by atoms with Crippen LogP contribution < -0.4 is 5.32 Å². The Morgan fingerprint density at radius 3 is 2.70 bits per heavy atom. The Bertz CT molecular complexity index is 895. The van der Waals surface area contributed by atoms with Crippen LogP contribution in [0.5, 0.6) is 0 Å². The molecule has 168 valence electrons. The highest BCUT2D eigenvalue weighted by molar-refractivity contribution is 7.40. The van der Waals surface area contributed by atoms with Gasteiger partial charge >= 0.3 is 0 Å². The lowest BCUT2D eigenvalue weighted by atomic mass is 9.93. The number of aromatic nitrogens is 4. The van der Waals surface area contributed by atoms with E-state index >= 15 is 0 Å². The van der Waals surface area contributed by atoms with Crippen LogP contribution in [-0.4, -0.2) is 66.4 Å². The molecule has 10 nitrogen and oxygen atoms in total. The van der Waals surface area contributed by atoms with Crippen LogP contribution in [-0.2, 0) is 13.8 Å². The first-order chi connectivity index (χ1) is 14.2. The number of aliphatic hydroxyl groups excluding tert-OH is 2. The number of anilines is 1. The van der Waals surface area contributed by atoms with Gasteiger partial charge in [0.1, 0.15) is 24.1 Å². The van der Waals surface area contributed by atoms with Gasteiger partial charge in [-0.2, -0.15) is 0 Å². The van der Waals surface area contributed by atoms with Crippen LogP contribution in [0.4, 0.5) is 5.82 Å². The summed E-state index contributed by atoms with van der Waals surface area (Å²) in [6, 6.07) is 0. The first-order valence-electron chi connectivity index (χ1n) is 10.3. The van der Waals surface area contributed by atoms with Crippen LogP contribution in [0.15, 0.2) is 12.7 Å². The Hall–Kier alpha value is -1.58. The molecular formula is C19H32N5O5P. The summed E-state index contributed by atoms with van der Waals surface area (Å²) < 4.78 is 26.1. The first kappa shape index (κ1) is 23.1. The molecule has 2 aromatic rings. The molecule has 1 saturated heterocycles. The normalized spacial score (nSPS) is 28.4. The smallest absolute Gasteiger partial charge is 0.194 e. The summed E-state index contributed by atoms with van der Waals surface area (Å²) >= 11 is 0. The monoisotopic (exact) mass is 441 g/mol. The predicted molar refractivity (Wildman–Crippen MR) is 114 cm³/mol. The molecule has 0 radical (unpaired) electrons. The molecule has 0 aliphatic carbocycles. The third-order valence-electron chi connectivity index (χ3n) is 5.95. The molecule has 7 atom stereocenters. The molecule has 0 saturated carbocycles. The standard InChI is InChI=1S/C19H32N5O5P/c1-6-11(3)30(27)29-19(4,7-2)8-12-14(25)15(26)18(28-12)24-10-23-13-16(20-5)21-9-22-17(13)24/h9-12,14-15,18,25-26,30H,6-8H2,1-5H3,(H,20,21,22)/t11?,12-,14?,15-,18?,19+/m1/s1. The number of hydrogen-bond donors (Lipinski definition) is 3. The zero-order valence-electron chi connectivity index (χ0n) is 18.1. The number of hydrogen-bond acceptors (Lipinski definition) is 9. The highest BCUT2D eigenvalue weighted by Crippen LogP contribution is 2.43. The predicted octanol–water partition coefficient (Wildman–Crippen LogP) is 2.34. The topological polar surface area (TPSA) is 132 Å². The maximum Gasteiger partial charge on any atom is 0.194 e. The van der Waals surface area contributed by atoms with E-state index in [4.69, 9.17) is 9.26 Å². The van der Waals surface area contributed by atoms with Crippen LogP contribution >= 0.6 is 8.03 Å². The van der Waals surface area contributed by atoms with Crippen molar-refractivity contribution in [1.82, 2.24) is 19.5 Å². The Morgan fingerprint density at radius 1 is 1.33 bits per heavy atom. The molecule has 3 heterocycles. The Balaban J connectivity index is 1.81. The lowest BCUT2D eigenvalue weighted by molar-refractivity contribution is -0.0621. The van der Waals surface area contributed by atoms with Gasteiger partial charge in [-0.3, -0.25) is 9.13 Å². The fourth-order valence-electron chi connectivity index (χ4n) is 3.54. The Morgan fingerprint density at radius 2 is 2.07 bits per heavy atom. The van der Waals surface area contributed by atoms with E-state index < -0.39 is 38.2 Å². The molecule has 0 bridgehead atoms. The molecule has 4 unspecified atom stereocenters. The maximum absolute atomic E-state index is 12.5. The highest BCUT2D eigenvalue weighted by atomic mass is 31.1. The van der Waals surface area contributed by atoms with Gasteiger partial charge in [-0.1, -0.05) is 20.8 Å². The van der Waals surface area contributed by atoms with Gasteiger partial charge in [0.25, 0.3) is 0 Å². The zero-order valence-corrected chi connectivity index (χ0v) is 19.1. The number of aliphatic hydroxyl groups is 2. The van der Waals surface area contributed by atoms with Crippen molar-refractivity contribution in [3.05, 3.63) is 12.7 Å². The Labute approximate surface area is 176 Å². The summed E-state index contributed by atoms with van der Waals surface area (Å²) in [5.41, 5.74) is 0.273. The summed E-state index contributed by atoms with van der Waals surface area (Å²) in [5, 5.41) is 24.3. The van der Waals surface area contributed by atoms with E-state index in [-0.39, 0.29) is 5.66 Å². The molecule has 0 amide bonds. The molecule has 0 aromatic carbocycles. The quantitative estimate of drug-likeness (QED) is 0.502. The van der Waals surface area contributed by atoms with E-state index in [1.165, 1.54) is 12.7 Å². The van der Waals surface area contributed by atoms with Crippen molar-refractivity contribution < 1.29 is 24.0 Å².